The third-order valence-corrected chi connectivity index (χ3v) is 3.81. The van der Waals surface area contributed by atoms with E-state index in [4.69, 9.17) is 16.3 Å². The molecule has 0 bridgehead atoms. The quantitative estimate of drug-likeness (QED) is 0.735. The van der Waals surface area contributed by atoms with Gasteiger partial charge in [0.05, 0.1) is 17.9 Å². The molecule has 0 radical (unpaired) electrons. The SMILES string of the molecule is O=C(NC1CCCC1Cl)C1CCCOC1. The van der Waals surface area contributed by atoms with Crippen LogP contribution in [0.15, 0.2) is 0 Å². The van der Waals surface area contributed by atoms with Crippen molar-refractivity contribution in [1.82, 2.24) is 5.32 Å². The molecule has 0 aromatic rings. The Morgan fingerprint density at radius 3 is 2.73 bits per heavy atom. The van der Waals surface area contributed by atoms with Gasteiger partial charge < -0.3 is 10.1 Å². The Labute approximate surface area is 95.5 Å². The van der Waals surface area contributed by atoms with E-state index in [0.717, 1.165) is 38.7 Å². The Kier molecular flexibility index (Phi) is 3.87. The zero-order valence-corrected chi connectivity index (χ0v) is 9.63. The molecule has 1 heterocycles. The number of alkyl halides is 1. The fourth-order valence-corrected chi connectivity index (χ4v) is 2.67. The van der Waals surface area contributed by atoms with Crippen molar-refractivity contribution in [1.29, 1.82) is 0 Å². The number of carbonyl (C=O) groups excluding carboxylic acids is 1. The maximum absolute atomic E-state index is 11.8. The van der Waals surface area contributed by atoms with Crippen molar-refractivity contribution >= 4 is 17.5 Å². The van der Waals surface area contributed by atoms with Gasteiger partial charge in [-0.15, -0.1) is 11.6 Å². The van der Waals surface area contributed by atoms with Crippen LogP contribution in [0.4, 0.5) is 0 Å². The highest BCUT2D eigenvalue weighted by Crippen LogP contribution is 2.24. The van der Waals surface area contributed by atoms with Crippen LogP contribution in [0.5, 0.6) is 0 Å². The molecule has 1 aliphatic carbocycles. The van der Waals surface area contributed by atoms with E-state index in [9.17, 15) is 4.79 Å². The number of rotatable bonds is 2. The summed E-state index contributed by atoms with van der Waals surface area (Å²) in [6.45, 7) is 1.37. The van der Waals surface area contributed by atoms with Crippen molar-refractivity contribution in [3.63, 3.8) is 0 Å². The van der Waals surface area contributed by atoms with Crippen LogP contribution in [0.3, 0.4) is 0 Å². The van der Waals surface area contributed by atoms with Gasteiger partial charge in [-0.2, -0.15) is 0 Å². The lowest BCUT2D eigenvalue weighted by atomic mass is 10.0. The van der Waals surface area contributed by atoms with E-state index in [-0.39, 0.29) is 23.2 Å². The predicted molar refractivity (Wildman–Crippen MR) is 59.0 cm³/mol. The Morgan fingerprint density at radius 2 is 2.13 bits per heavy atom. The van der Waals surface area contributed by atoms with Gasteiger partial charge in [-0.3, -0.25) is 4.79 Å². The van der Waals surface area contributed by atoms with Crippen molar-refractivity contribution in [3.05, 3.63) is 0 Å². The van der Waals surface area contributed by atoms with Crippen molar-refractivity contribution in [2.75, 3.05) is 13.2 Å². The van der Waals surface area contributed by atoms with E-state index in [1.54, 1.807) is 0 Å². The molecule has 1 saturated carbocycles. The molecule has 2 fully saturated rings. The summed E-state index contributed by atoms with van der Waals surface area (Å²) in [5, 5.41) is 3.17. The highest BCUT2D eigenvalue weighted by molar-refractivity contribution is 6.21. The molecule has 0 spiro atoms. The fraction of sp³-hybridized carbons (Fsp3) is 0.909. The van der Waals surface area contributed by atoms with Crippen molar-refractivity contribution in [2.45, 2.75) is 43.5 Å². The molecule has 2 aliphatic rings. The Balaban J connectivity index is 1.80. The lowest BCUT2D eigenvalue weighted by molar-refractivity contribution is -0.129. The molecule has 1 N–H and O–H groups in total. The van der Waals surface area contributed by atoms with Crippen LogP contribution in [-0.2, 0) is 9.53 Å². The molecule has 1 saturated heterocycles. The van der Waals surface area contributed by atoms with Gasteiger partial charge in [0.25, 0.3) is 0 Å². The number of carbonyl (C=O) groups is 1. The predicted octanol–water partition coefficient (Wildman–Crippen LogP) is 1.69. The number of hydrogen-bond donors (Lipinski definition) is 1. The van der Waals surface area contributed by atoms with Gasteiger partial charge in [0.15, 0.2) is 0 Å². The molecule has 0 aromatic carbocycles. The first-order valence-corrected chi connectivity index (χ1v) is 6.23. The van der Waals surface area contributed by atoms with Gasteiger partial charge >= 0.3 is 0 Å². The van der Waals surface area contributed by atoms with E-state index in [1.807, 2.05) is 0 Å². The van der Waals surface area contributed by atoms with Gasteiger partial charge in [0.1, 0.15) is 0 Å². The van der Waals surface area contributed by atoms with Gasteiger partial charge in [-0.25, -0.2) is 0 Å². The topological polar surface area (TPSA) is 38.3 Å². The first-order valence-electron chi connectivity index (χ1n) is 5.79. The third kappa shape index (κ3) is 2.85. The first-order chi connectivity index (χ1) is 7.27. The molecule has 1 aliphatic heterocycles. The van der Waals surface area contributed by atoms with Gasteiger partial charge in [0.2, 0.25) is 5.91 Å². The number of ether oxygens (including phenoxy) is 1. The fourth-order valence-electron chi connectivity index (χ4n) is 2.33. The summed E-state index contributed by atoms with van der Waals surface area (Å²) < 4.78 is 5.30. The van der Waals surface area contributed by atoms with Crippen LogP contribution >= 0.6 is 11.6 Å². The van der Waals surface area contributed by atoms with E-state index < -0.39 is 0 Å². The van der Waals surface area contributed by atoms with E-state index in [0.29, 0.717) is 6.61 Å². The highest BCUT2D eigenvalue weighted by atomic mass is 35.5. The van der Waals surface area contributed by atoms with Crippen LogP contribution in [0.2, 0.25) is 0 Å². The van der Waals surface area contributed by atoms with Crippen LogP contribution in [0.1, 0.15) is 32.1 Å². The molecule has 86 valence electrons. The van der Waals surface area contributed by atoms with Crippen molar-refractivity contribution < 1.29 is 9.53 Å². The third-order valence-electron chi connectivity index (χ3n) is 3.29. The zero-order chi connectivity index (χ0) is 10.7. The number of amides is 1. The molecule has 15 heavy (non-hydrogen) atoms. The Hall–Kier alpha value is -0.280. The lowest BCUT2D eigenvalue weighted by Crippen LogP contribution is -2.43. The second-order valence-electron chi connectivity index (χ2n) is 4.48. The average molecular weight is 232 g/mol. The second-order valence-corrected chi connectivity index (χ2v) is 5.04. The van der Waals surface area contributed by atoms with Crippen LogP contribution in [0, 0.1) is 5.92 Å². The van der Waals surface area contributed by atoms with Gasteiger partial charge in [0, 0.05) is 12.6 Å². The number of halogens is 1. The minimum atomic E-state index is 0.0446. The minimum absolute atomic E-state index is 0.0446. The summed E-state index contributed by atoms with van der Waals surface area (Å²) >= 11 is 6.12. The number of hydrogen-bond acceptors (Lipinski definition) is 2. The highest BCUT2D eigenvalue weighted by Gasteiger charge is 2.29. The molecule has 4 heteroatoms. The Morgan fingerprint density at radius 1 is 1.27 bits per heavy atom. The van der Waals surface area contributed by atoms with Crippen molar-refractivity contribution in [3.8, 4) is 0 Å². The zero-order valence-electron chi connectivity index (χ0n) is 8.88. The van der Waals surface area contributed by atoms with E-state index in [1.165, 1.54) is 0 Å². The van der Waals surface area contributed by atoms with E-state index >= 15 is 0 Å². The maximum Gasteiger partial charge on any atom is 0.225 e. The lowest BCUT2D eigenvalue weighted by Gasteiger charge is -2.24. The van der Waals surface area contributed by atoms with Gasteiger partial charge in [-0.05, 0) is 32.1 Å². The molecular formula is C11H18ClNO2. The van der Waals surface area contributed by atoms with Crippen LogP contribution in [0.25, 0.3) is 0 Å². The summed E-state index contributed by atoms with van der Waals surface area (Å²) in [5.41, 5.74) is 0. The smallest absolute Gasteiger partial charge is 0.225 e. The number of nitrogens with one attached hydrogen (secondary N) is 1. The molecule has 2 rings (SSSR count). The monoisotopic (exact) mass is 231 g/mol. The summed E-state index contributed by atoms with van der Waals surface area (Å²) in [6, 6.07) is 0.182. The molecule has 0 aromatic heterocycles. The Bertz CT molecular complexity index is 229. The second kappa shape index (κ2) is 5.17. The summed E-state index contributed by atoms with van der Waals surface area (Å²) in [7, 11) is 0. The normalized spacial score (nSPS) is 36.5. The minimum Gasteiger partial charge on any atom is -0.381 e. The summed E-state index contributed by atoms with van der Waals surface area (Å²) in [6.07, 6.45) is 5.11. The summed E-state index contributed by atoms with van der Waals surface area (Å²) in [4.78, 5) is 11.8. The molecular weight excluding hydrogens is 214 g/mol. The average Bonchev–Trinajstić information content (AvgIpc) is 2.66. The van der Waals surface area contributed by atoms with Crippen LogP contribution < -0.4 is 5.32 Å². The summed E-state index contributed by atoms with van der Waals surface area (Å²) in [5.74, 6) is 0.176. The van der Waals surface area contributed by atoms with E-state index in [2.05, 4.69) is 5.32 Å². The molecule has 3 unspecified atom stereocenters. The molecule has 1 amide bonds. The largest absolute Gasteiger partial charge is 0.381 e. The van der Waals surface area contributed by atoms with Gasteiger partial charge in [-0.1, -0.05) is 0 Å². The first kappa shape index (κ1) is 11.2. The van der Waals surface area contributed by atoms with Crippen molar-refractivity contribution in [2.24, 2.45) is 5.92 Å². The standard InChI is InChI=1S/C11H18ClNO2/c12-9-4-1-5-10(9)13-11(14)8-3-2-6-15-7-8/h8-10H,1-7H2,(H,13,14). The van der Waals surface area contributed by atoms with Crippen LogP contribution in [-0.4, -0.2) is 30.5 Å². The molecule has 3 nitrogen and oxygen atoms in total. The molecule has 3 atom stereocenters. The maximum atomic E-state index is 11.8.